The van der Waals surface area contributed by atoms with E-state index in [2.05, 4.69) is 0 Å². The van der Waals surface area contributed by atoms with Crippen LogP contribution in [0.5, 0.6) is 0 Å². The average Bonchev–Trinajstić information content (AvgIpc) is 3.07. The number of cyclic esters (lactones) is 1. The van der Waals surface area contributed by atoms with Crippen LogP contribution in [-0.4, -0.2) is 31.3 Å². The van der Waals surface area contributed by atoms with Crippen LogP contribution >= 0.6 is 0 Å². The molecule has 2 aromatic carbocycles. The summed E-state index contributed by atoms with van der Waals surface area (Å²) >= 11 is 0. The van der Waals surface area contributed by atoms with Crippen LogP contribution in [0.2, 0.25) is 0 Å². The monoisotopic (exact) mass is 371 g/mol. The van der Waals surface area contributed by atoms with Crippen LogP contribution in [0.3, 0.4) is 0 Å². The molecule has 0 amide bonds. The highest BCUT2D eigenvalue weighted by atomic mass is 32.2. The van der Waals surface area contributed by atoms with Gasteiger partial charge in [0.2, 0.25) is 10.0 Å². The van der Waals surface area contributed by atoms with Crippen molar-refractivity contribution in [3.05, 3.63) is 65.2 Å². The van der Waals surface area contributed by atoms with Crippen molar-refractivity contribution in [1.82, 2.24) is 4.31 Å². The Morgan fingerprint density at radius 2 is 1.77 bits per heavy atom. The summed E-state index contributed by atoms with van der Waals surface area (Å²) in [6, 6.07) is 14.2. The number of sulfonamides is 1. The molecule has 136 valence electrons. The lowest BCUT2D eigenvalue weighted by Crippen LogP contribution is -2.45. The third-order valence-electron chi connectivity index (χ3n) is 5.18. The number of fused-ring (bicyclic) bond motifs is 1. The van der Waals surface area contributed by atoms with Gasteiger partial charge in [0.15, 0.2) is 0 Å². The van der Waals surface area contributed by atoms with E-state index in [0.29, 0.717) is 25.8 Å². The lowest BCUT2D eigenvalue weighted by Gasteiger charge is -2.38. The van der Waals surface area contributed by atoms with Crippen LogP contribution in [0.15, 0.2) is 53.4 Å². The molecule has 26 heavy (non-hydrogen) atoms. The predicted molar refractivity (Wildman–Crippen MR) is 97.1 cm³/mol. The SMILES string of the molecule is Cc1ccc(S(=O)(=O)N2CCc3ccccc3[C@@H]2[C@@H]2CCC(=O)O2)cc1. The van der Waals surface area contributed by atoms with Crippen LogP contribution in [0.4, 0.5) is 0 Å². The highest BCUT2D eigenvalue weighted by molar-refractivity contribution is 7.89. The first-order valence-electron chi connectivity index (χ1n) is 8.82. The Labute approximate surface area is 153 Å². The third kappa shape index (κ3) is 2.93. The first-order valence-corrected chi connectivity index (χ1v) is 10.3. The molecule has 2 atom stereocenters. The van der Waals surface area contributed by atoms with Gasteiger partial charge in [-0.1, -0.05) is 42.0 Å². The number of carbonyl (C=O) groups is 1. The predicted octanol–water partition coefficient (Wildman–Crippen LogP) is 2.99. The lowest BCUT2D eigenvalue weighted by atomic mass is 9.90. The van der Waals surface area contributed by atoms with E-state index < -0.39 is 22.2 Å². The molecule has 0 bridgehead atoms. The molecule has 2 aliphatic heterocycles. The van der Waals surface area contributed by atoms with E-state index in [-0.39, 0.29) is 10.9 Å². The van der Waals surface area contributed by atoms with E-state index in [1.54, 1.807) is 24.3 Å². The van der Waals surface area contributed by atoms with E-state index in [1.165, 1.54) is 4.31 Å². The number of benzene rings is 2. The zero-order valence-corrected chi connectivity index (χ0v) is 15.4. The Bertz CT molecular complexity index is 937. The minimum absolute atomic E-state index is 0.259. The number of ether oxygens (including phenoxy) is 1. The highest BCUT2D eigenvalue weighted by Crippen LogP contribution is 2.40. The van der Waals surface area contributed by atoms with Crippen LogP contribution < -0.4 is 0 Å². The maximum Gasteiger partial charge on any atom is 0.306 e. The van der Waals surface area contributed by atoms with E-state index in [9.17, 15) is 13.2 Å². The van der Waals surface area contributed by atoms with E-state index >= 15 is 0 Å². The Morgan fingerprint density at radius 3 is 2.46 bits per heavy atom. The largest absolute Gasteiger partial charge is 0.460 e. The van der Waals surface area contributed by atoms with Crippen molar-refractivity contribution >= 4 is 16.0 Å². The van der Waals surface area contributed by atoms with Crippen molar-refractivity contribution in [3.8, 4) is 0 Å². The van der Waals surface area contributed by atoms with Crippen molar-refractivity contribution < 1.29 is 17.9 Å². The second-order valence-corrected chi connectivity index (χ2v) is 8.78. The Morgan fingerprint density at radius 1 is 1.04 bits per heavy atom. The maximum atomic E-state index is 13.3. The number of hydrogen-bond donors (Lipinski definition) is 0. The van der Waals surface area contributed by atoms with Gasteiger partial charge in [0.1, 0.15) is 6.10 Å². The van der Waals surface area contributed by atoms with Gasteiger partial charge in [-0.3, -0.25) is 4.79 Å². The third-order valence-corrected chi connectivity index (χ3v) is 7.08. The fourth-order valence-corrected chi connectivity index (χ4v) is 5.48. The molecular weight excluding hydrogens is 350 g/mol. The first-order chi connectivity index (χ1) is 12.5. The highest BCUT2D eigenvalue weighted by Gasteiger charge is 2.44. The number of rotatable bonds is 3. The van der Waals surface area contributed by atoms with Crippen molar-refractivity contribution in [1.29, 1.82) is 0 Å². The van der Waals surface area contributed by atoms with Crippen molar-refractivity contribution in [2.75, 3.05) is 6.54 Å². The summed E-state index contributed by atoms with van der Waals surface area (Å²) in [6.07, 6.45) is 1.09. The Hall–Kier alpha value is -2.18. The standard InChI is InChI=1S/C20H21NO4S/c1-14-6-8-16(9-7-14)26(23,24)21-13-12-15-4-2-3-5-17(15)20(21)18-10-11-19(22)25-18/h2-9,18,20H,10-13H2,1H3/t18-,20+/m0/s1. The molecule has 0 N–H and O–H groups in total. The zero-order valence-electron chi connectivity index (χ0n) is 14.6. The lowest BCUT2D eigenvalue weighted by molar-refractivity contribution is -0.143. The zero-order chi connectivity index (χ0) is 18.3. The summed E-state index contributed by atoms with van der Waals surface area (Å²) in [6.45, 7) is 2.31. The summed E-state index contributed by atoms with van der Waals surface area (Å²) < 4.78 is 33.7. The van der Waals surface area contributed by atoms with Gasteiger partial charge in [-0.25, -0.2) is 8.42 Å². The minimum Gasteiger partial charge on any atom is -0.460 e. The van der Waals surface area contributed by atoms with Gasteiger partial charge in [-0.15, -0.1) is 0 Å². The summed E-state index contributed by atoms with van der Waals surface area (Å²) in [5.41, 5.74) is 3.07. The smallest absolute Gasteiger partial charge is 0.306 e. The molecule has 0 unspecified atom stereocenters. The number of carbonyl (C=O) groups excluding carboxylic acids is 1. The molecule has 0 spiro atoms. The Kier molecular flexibility index (Phi) is 4.32. The molecule has 1 saturated heterocycles. The first kappa shape index (κ1) is 17.2. The maximum absolute atomic E-state index is 13.3. The second kappa shape index (κ2) is 6.52. The van der Waals surface area contributed by atoms with E-state index in [0.717, 1.165) is 16.7 Å². The molecular formula is C20H21NO4S. The summed E-state index contributed by atoms with van der Waals surface area (Å²) in [7, 11) is -3.68. The van der Waals surface area contributed by atoms with Crippen molar-refractivity contribution in [2.45, 2.75) is 43.2 Å². The van der Waals surface area contributed by atoms with Crippen LogP contribution in [0.25, 0.3) is 0 Å². The molecule has 2 aromatic rings. The molecule has 0 radical (unpaired) electrons. The van der Waals surface area contributed by atoms with Gasteiger partial charge in [0.05, 0.1) is 10.9 Å². The van der Waals surface area contributed by atoms with E-state index in [1.807, 2.05) is 31.2 Å². The number of esters is 1. The molecule has 4 rings (SSSR count). The van der Waals surface area contributed by atoms with Crippen LogP contribution in [-0.2, 0) is 26.0 Å². The molecule has 0 saturated carbocycles. The van der Waals surface area contributed by atoms with Gasteiger partial charge >= 0.3 is 5.97 Å². The van der Waals surface area contributed by atoms with Crippen LogP contribution in [0.1, 0.15) is 35.6 Å². The molecule has 5 nitrogen and oxygen atoms in total. The summed E-state index contributed by atoms with van der Waals surface area (Å²) in [5, 5.41) is 0. The summed E-state index contributed by atoms with van der Waals surface area (Å²) in [5.74, 6) is -0.259. The topological polar surface area (TPSA) is 63.7 Å². The van der Waals surface area contributed by atoms with E-state index in [4.69, 9.17) is 4.74 Å². The van der Waals surface area contributed by atoms with Crippen molar-refractivity contribution in [2.24, 2.45) is 0 Å². The van der Waals surface area contributed by atoms with Crippen molar-refractivity contribution in [3.63, 3.8) is 0 Å². The fraction of sp³-hybridized carbons (Fsp3) is 0.350. The quantitative estimate of drug-likeness (QED) is 0.778. The van der Waals surface area contributed by atoms with Gasteiger partial charge in [-0.2, -0.15) is 4.31 Å². The van der Waals surface area contributed by atoms with Gasteiger partial charge in [0.25, 0.3) is 0 Å². The number of aryl methyl sites for hydroxylation is 1. The normalized spacial score (nSPS) is 23.5. The van der Waals surface area contributed by atoms with Gasteiger partial charge in [0, 0.05) is 13.0 Å². The number of nitrogens with zero attached hydrogens (tertiary/aromatic N) is 1. The number of hydrogen-bond acceptors (Lipinski definition) is 4. The molecule has 6 heteroatoms. The average molecular weight is 371 g/mol. The fourth-order valence-electron chi connectivity index (χ4n) is 3.85. The molecule has 2 aliphatic rings. The van der Waals surface area contributed by atoms with Gasteiger partial charge in [-0.05, 0) is 43.0 Å². The van der Waals surface area contributed by atoms with Gasteiger partial charge < -0.3 is 4.74 Å². The Balaban J connectivity index is 1.79. The molecule has 0 aliphatic carbocycles. The second-order valence-electron chi connectivity index (χ2n) is 6.89. The van der Waals surface area contributed by atoms with Crippen LogP contribution in [0, 0.1) is 6.92 Å². The minimum atomic E-state index is -3.68. The summed E-state index contributed by atoms with van der Waals surface area (Å²) in [4.78, 5) is 12.0. The molecule has 1 fully saturated rings. The molecule has 2 heterocycles. The molecule has 0 aromatic heterocycles.